The molecule has 1 atom stereocenters. The van der Waals surface area contributed by atoms with E-state index in [-0.39, 0.29) is 6.61 Å². The van der Waals surface area contributed by atoms with Gasteiger partial charge in [-0.05, 0) is 30.4 Å². The predicted octanol–water partition coefficient (Wildman–Crippen LogP) is 1.77. The van der Waals surface area contributed by atoms with Crippen LogP contribution in [0.1, 0.15) is 24.8 Å². The molecule has 0 saturated heterocycles. The fraction of sp³-hybridized carbons (Fsp3) is 0.429. The highest BCUT2D eigenvalue weighted by atomic mass is 16.7. The zero-order valence-electron chi connectivity index (χ0n) is 13.1. The molecule has 0 fully saturated rings. The predicted molar refractivity (Wildman–Crippen MR) is 85.5 cm³/mol. The largest absolute Gasteiger partial charge is 0.445 e. The molecule has 0 aliphatic heterocycles. The summed E-state index contributed by atoms with van der Waals surface area (Å²) < 4.78 is 5.05. The number of nitrogens with two attached hydrogens (primary N) is 2. The Bertz CT molecular complexity index is 603. The smallest absolute Gasteiger partial charge is 0.407 e. The van der Waals surface area contributed by atoms with Crippen molar-refractivity contribution in [2.75, 3.05) is 6.54 Å². The standard InChI is InChI=1S/C14H20N6O4/c15-11(13(21)24-17)6-3-4-8-18-14(22)23-9-10-5-1-2-7-12(10)19-20-16/h1-2,5,7,11H,3-4,6,8-9,15,17H2,(H,18,22)/t11-/m0/s1. The molecule has 24 heavy (non-hydrogen) atoms. The van der Waals surface area contributed by atoms with E-state index in [2.05, 4.69) is 20.2 Å². The van der Waals surface area contributed by atoms with Gasteiger partial charge < -0.3 is 20.6 Å². The van der Waals surface area contributed by atoms with Gasteiger partial charge in [0, 0.05) is 17.1 Å². The van der Waals surface area contributed by atoms with E-state index in [1.165, 1.54) is 0 Å². The second-order valence-electron chi connectivity index (χ2n) is 4.86. The number of carbonyl (C=O) groups is 2. The first-order chi connectivity index (χ1) is 11.6. The van der Waals surface area contributed by atoms with E-state index in [0.29, 0.717) is 37.1 Å². The number of benzene rings is 1. The number of nitrogens with zero attached hydrogens (tertiary/aromatic N) is 3. The number of rotatable bonds is 9. The second kappa shape index (κ2) is 10.8. The molecule has 0 aromatic heterocycles. The van der Waals surface area contributed by atoms with E-state index in [1.54, 1.807) is 24.3 Å². The molecule has 1 aromatic carbocycles. The van der Waals surface area contributed by atoms with Crippen LogP contribution in [0.4, 0.5) is 10.5 Å². The molecule has 10 nitrogen and oxygen atoms in total. The minimum absolute atomic E-state index is 0.00571. The van der Waals surface area contributed by atoms with Crippen molar-refractivity contribution in [2.24, 2.45) is 16.7 Å². The minimum atomic E-state index is -0.765. The Morgan fingerprint density at radius 1 is 1.33 bits per heavy atom. The molecular formula is C14H20N6O4. The van der Waals surface area contributed by atoms with E-state index in [1.807, 2.05) is 0 Å². The molecule has 0 aliphatic rings. The summed E-state index contributed by atoms with van der Waals surface area (Å²) in [5, 5.41) is 6.09. The van der Waals surface area contributed by atoms with Crippen molar-refractivity contribution in [1.82, 2.24) is 5.32 Å². The number of azide groups is 1. The van der Waals surface area contributed by atoms with Gasteiger partial charge in [-0.2, -0.15) is 5.90 Å². The van der Waals surface area contributed by atoms with Crippen LogP contribution in [-0.4, -0.2) is 24.6 Å². The number of hydrogen-bond acceptors (Lipinski definition) is 7. The minimum Gasteiger partial charge on any atom is -0.445 e. The average molecular weight is 336 g/mol. The van der Waals surface area contributed by atoms with Crippen LogP contribution in [0.25, 0.3) is 10.4 Å². The summed E-state index contributed by atoms with van der Waals surface area (Å²) in [5.74, 6) is 4.06. The van der Waals surface area contributed by atoms with Crippen molar-refractivity contribution in [1.29, 1.82) is 0 Å². The van der Waals surface area contributed by atoms with Crippen LogP contribution in [0, 0.1) is 0 Å². The Morgan fingerprint density at radius 2 is 2.08 bits per heavy atom. The van der Waals surface area contributed by atoms with Crippen LogP contribution in [0.15, 0.2) is 29.4 Å². The van der Waals surface area contributed by atoms with Crippen LogP contribution < -0.4 is 16.9 Å². The molecule has 0 aliphatic carbocycles. The Morgan fingerprint density at radius 3 is 2.79 bits per heavy atom. The van der Waals surface area contributed by atoms with E-state index in [0.717, 1.165) is 0 Å². The molecule has 0 heterocycles. The molecule has 0 spiro atoms. The van der Waals surface area contributed by atoms with E-state index in [4.69, 9.17) is 21.9 Å². The van der Waals surface area contributed by atoms with E-state index in [9.17, 15) is 9.59 Å². The monoisotopic (exact) mass is 336 g/mol. The fourth-order valence-corrected chi connectivity index (χ4v) is 1.86. The van der Waals surface area contributed by atoms with Gasteiger partial charge in [-0.15, -0.1) is 0 Å². The summed E-state index contributed by atoms with van der Waals surface area (Å²) in [6.45, 7) is 0.370. The van der Waals surface area contributed by atoms with Crippen molar-refractivity contribution in [2.45, 2.75) is 31.9 Å². The number of alkyl carbamates (subject to hydrolysis) is 1. The molecule has 1 amide bonds. The lowest BCUT2D eigenvalue weighted by atomic mass is 10.1. The summed E-state index contributed by atoms with van der Waals surface area (Å²) in [4.78, 5) is 29.3. The maximum Gasteiger partial charge on any atom is 0.407 e. The molecule has 0 bridgehead atoms. The van der Waals surface area contributed by atoms with Gasteiger partial charge in [0.15, 0.2) is 0 Å². The van der Waals surface area contributed by atoms with Gasteiger partial charge in [-0.25, -0.2) is 9.59 Å². The molecule has 1 aromatic rings. The van der Waals surface area contributed by atoms with Gasteiger partial charge >= 0.3 is 12.1 Å². The first-order valence-corrected chi connectivity index (χ1v) is 7.28. The van der Waals surface area contributed by atoms with Gasteiger partial charge in [-0.1, -0.05) is 29.4 Å². The number of amides is 1. The summed E-state index contributed by atoms with van der Waals surface area (Å²) in [5.41, 5.74) is 15.0. The Labute approximate surface area is 138 Å². The molecule has 0 radical (unpaired) electrons. The Hall–Kier alpha value is -2.81. The molecule has 0 unspecified atom stereocenters. The highest BCUT2D eigenvalue weighted by Gasteiger charge is 2.13. The zero-order chi connectivity index (χ0) is 17.8. The van der Waals surface area contributed by atoms with Crippen LogP contribution in [0.2, 0.25) is 0 Å². The average Bonchev–Trinajstić information content (AvgIpc) is 2.60. The highest BCUT2D eigenvalue weighted by Crippen LogP contribution is 2.19. The van der Waals surface area contributed by atoms with Crippen LogP contribution >= 0.6 is 0 Å². The fourth-order valence-electron chi connectivity index (χ4n) is 1.86. The summed E-state index contributed by atoms with van der Waals surface area (Å²) in [6, 6.07) is 6.04. The van der Waals surface area contributed by atoms with Gasteiger partial charge in [0.05, 0.1) is 0 Å². The maximum absolute atomic E-state index is 11.6. The molecule has 10 heteroatoms. The van der Waals surface area contributed by atoms with Crippen LogP contribution in [0.5, 0.6) is 0 Å². The van der Waals surface area contributed by atoms with Crippen molar-refractivity contribution < 1.29 is 19.2 Å². The first kappa shape index (κ1) is 19.2. The summed E-state index contributed by atoms with van der Waals surface area (Å²) >= 11 is 0. The number of carbonyl (C=O) groups excluding carboxylic acids is 2. The lowest BCUT2D eigenvalue weighted by Gasteiger charge is -2.10. The van der Waals surface area contributed by atoms with Gasteiger partial charge in [-0.3, -0.25) is 0 Å². The van der Waals surface area contributed by atoms with Gasteiger partial charge in [0.25, 0.3) is 0 Å². The lowest BCUT2D eigenvalue weighted by Crippen LogP contribution is -2.34. The quantitative estimate of drug-likeness (QED) is 0.204. The molecular weight excluding hydrogens is 316 g/mol. The van der Waals surface area contributed by atoms with Gasteiger partial charge in [0.1, 0.15) is 12.6 Å². The normalized spacial score (nSPS) is 11.1. The molecule has 130 valence electrons. The summed E-state index contributed by atoms with van der Waals surface area (Å²) in [6.07, 6.45) is 1.06. The number of nitrogens with one attached hydrogen (secondary N) is 1. The third-order valence-electron chi connectivity index (χ3n) is 3.13. The SMILES string of the molecule is [N-]=[N+]=Nc1ccccc1COC(=O)NCCCC[C@H](N)C(=O)ON. The zero-order valence-corrected chi connectivity index (χ0v) is 13.1. The number of ether oxygens (including phenoxy) is 1. The Balaban J connectivity index is 2.23. The second-order valence-corrected chi connectivity index (χ2v) is 4.86. The van der Waals surface area contributed by atoms with Crippen LogP contribution in [-0.2, 0) is 21.0 Å². The van der Waals surface area contributed by atoms with Crippen molar-refractivity contribution >= 4 is 17.7 Å². The van der Waals surface area contributed by atoms with Crippen molar-refractivity contribution in [3.63, 3.8) is 0 Å². The van der Waals surface area contributed by atoms with E-state index < -0.39 is 18.1 Å². The third kappa shape index (κ3) is 6.97. The molecule has 0 saturated carbocycles. The summed E-state index contributed by atoms with van der Waals surface area (Å²) in [7, 11) is 0. The Kier molecular flexibility index (Phi) is 8.69. The lowest BCUT2D eigenvalue weighted by molar-refractivity contribution is -0.145. The topological polar surface area (TPSA) is 165 Å². The maximum atomic E-state index is 11.6. The van der Waals surface area contributed by atoms with Crippen molar-refractivity contribution in [3.05, 3.63) is 40.3 Å². The number of unbranched alkanes of at least 4 members (excludes halogenated alkanes) is 1. The first-order valence-electron chi connectivity index (χ1n) is 7.28. The molecule has 1 rings (SSSR count). The molecule has 5 N–H and O–H groups in total. The van der Waals surface area contributed by atoms with Crippen molar-refractivity contribution in [3.8, 4) is 0 Å². The number of hydrogen-bond donors (Lipinski definition) is 3. The third-order valence-corrected chi connectivity index (χ3v) is 3.13. The van der Waals surface area contributed by atoms with Gasteiger partial charge in [0.2, 0.25) is 0 Å². The highest BCUT2D eigenvalue weighted by molar-refractivity contribution is 5.74. The van der Waals surface area contributed by atoms with Crippen LogP contribution in [0.3, 0.4) is 0 Å². The van der Waals surface area contributed by atoms with E-state index >= 15 is 0 Å².